The van der Waals surface area contributed by atoms with E-state index in [1.807, 2.05) is 0 Å². The van der Waals surface area contributed by atoms with Gasteiger partial charge in [0, 0.05) is 17.5 Å². The molecule has 0 spiro atoms. The van der Waals surface area contributed by atoms with Gasteiger partial charge in [-0.2, -0.15) is 0 Å². The maximum atomic E-state index is 11.0. The number of carbonyl (C=O) groups is 2. The minimum Gasteiger partial charge on any atom is -0.413 e. The van der Waals surface area contributed by atoms with Crippen molar-refractivity contribution in [3.8, 4) is 5.75 Å². The first-order valence-electron chi connectivity index (χ1n) is 4.08. The Labute approximate surface area is 98.5 Å². The van der Waals surface area contributed by atoms with Crippen molar-refractivity contribution in [2.75, 3.05) is 0 Å². The second kappa shape index (κ2) is 4.84. The van der Waals surface area contributed by atoms with Crippen LogP contribution in [-0.2, 0) is 9.59 Å². The quantitative estimate of drug-likeness (QED) is 0.278. The number of halogens is 1. The third-order valence-electron chi connectivity index (χ3n) is 1.61. The van der Waals surface area contributed by atoms with Crippen molar-refractivity contribution in [3.05, 3.63) is 32.8 Å². The van der Waals surface area contributed by atoms with Gasteiger partial charge in [-0.15, -0.1) is 0 Å². The number of carbonyl (C=O) groups excluding carboxylic acids is 2. The van der Waals surface area contributed by atoms with Crippen LogP contribution in [0.5, 0.6) is 5.75 Å². The topological polar surface area (TPSA) is 86.5 Å². The Hall–Kier alpha value is -1.76. The Morgan fingerprint density at radius 3 is 2.56 bits per heavy atom. The molecule has 0 unspecified atom stereocenters. The molecule has 7 heteroatoms. The molecule has 0 amide bonds. The summed E-state index contributed by atoms with van der Waals surface area (Å²) in [6.45, 7) is 1.02. The predicted molar refractivity (Wildman–Crippen MR) is 57.1 cm³/mol. The molecule has 0 heterocycles. The Kier molecular flexibility index (Phi) is 3.73. The number of benzene rings is 1. The highest BCUT2D eigenvalue weighted by Crippen LogP contribution is 2.30. The fourth-order valence-corrected chi connectivity index (χ4v) is 1.24. The van der Waals surface area contributed by atoms with Crippen molar-refractivity contribution < 1.29 is 19.2 Å². The molecule has 84 valence electrons. The first kappa shape index (κ1) is 12.3. The van der Waals surface area contributed by atoms with Gasteiger partial charge in [-0.1, -0.05) is 15.9 Å². The van der Waals surface area contributed by atoms with Gasteiger partial charge in [0.1, 0.15) is 0 Å². The van der Waals surface area contributed by atoms with Crippen molar-refractivity contribution >= 4 is 33.4 Å². The van der Waals surface area contributed by atoms with Crippen LogP contribution in [0.4, 0.5) is 5.69 Å². The van der Waals surface area contributed by atoms with Crippen molar-refractivity contribution in [1.82, 2.24) is 0 Å². The largest absolute Gasteiger partial charge is 0.413 e. The maximum absolute atomic E-state index is 11.0. The number of hydrogen-bond acceptors (Lipinski definition) is 5. The highest BCUT2D eigenvalue weighted by atomic mass is 79.9. The summed E-state index contributed by atoms with van der Waals surface area (Å²) in [6.07, 6.45) is 0. The number of Topliss-reactive ketones (excluding diaryl/α,β-unsaturated/α-hetero) is 1. The Morgan fingerprint density at radius 1 is 1.44 bits per heavy atom. The van der Waals surface area contributed by atoms with Crippen LogP contribution in [0.1, 0.15) is 6.92 Å². The highest BCUT2D eigenvalue weighted by molar-refractivity contribution is 9.10. The summed E-state index contributed by atoms with van der Waals surface area (Å²) in [5.41, 5.74) is -0.385. The number of nitro benzene ring substituents is 1. The van der Waals surface area contributed by atoms with Crippen LogP contribution < -0.4 is 4.74 Å². The molecular formula is C9H6BrNO5. The van der Waals surface area contributed by atoms with E-state index in [0.717, 1.165) is 6.92 Å². The molecule has 0 fully saturated rings. The molecule has 0 aliphatic rings. The lowest BCUT2D eigenvalue weighted by atomic mass is 10.3. The molecule has 1 rings (SSSR count). The number of hydrogen-bond donors (Lipinski definition) is 0. The van der Waals surface area contributed by atoms with Gasteiger partial charge in [0.15, 0.2) is 0 Å². The number of ether oxygens (including phenoxy) is 1. The van der Waals surface area contributed by atoms with E-state index < -0.39 is 16.7 Å². The summed E-state index contributed by atoms with van der Waals surface area (Å²) in [5.74, 6) is -2.21. The third kappa shape index (κ3) is 2.86. The van der Waals surface area contributed by atoms with Crippen LogP contribution >= 0.6 is 15.9 Å². The number of nitro groups is 1. The van der Waals surface area contributed by atoms with Gasteiger partial charge in [-0.3, -0.25) is 14.9 Å². The Morgan fingerprint density at radius 2 is 2.06 bits per heavy atom. The zero-order valence-electron chi connectivity index (χ0n) is 8.10. The summed E-state index contributed by atoms with van der Waals surface area (Å²) in [5, 5.41) is 10.6. The van der Waals surface area contributed by atoms with Crippen LogP contribution in [0.15, 0.2) is 22.7 Å². The monoisotopic (exact) mass is 287 g/mol. The van der Waals surface area contributed by atoms with E-state index >= 15 is 0 Å². The lowest BCUT2D eigenvalue weighted by molar-refractivity contribution is -0.385. The molecule has 0 aromatic heterocycles. The van der Waals surface area contributed by atoms with Crippen molar-refractivity contribution in [1.29, 1.82) is 0 Å². The molecule has 0 aliphatic carbocycles. The zero-order chi connectivity index (χ0) is 12.3. The fourth-order valence-electron chi connectivity index (χ4n) is 0.891. The third-order valence-corrected chi connectivity index (χ3v) is 2.10. The van der Waals surface area contributed by atoms with Gasteiger partial charge < -0.3 is 4.74 Å². The van der Waals surface area contributed by atoms with Crippen molar-refractivity contribution in [2.45, 2.75) is 6.92 Å². The maximum Gasteiger partial charge on any atom is 0.379 e. The molecule has 0 atom stereocenters. The van der Waals surface area contributed by atoms with E-state index in [9.17, 15) is 19.7 Å². The normalized spacial score (nSPS) is 9.62. The first-order chi connectivity index (χ1) is 7.41. The van der Waals surface area contributed by atoms with E-state index in [4.69, 9.17) is 0 Å². The zero-order valence-corrected chi connectivity index (χ0v) is 9.68. The van der Waals surface area contributed by atoms with Gasteiger partial charge in [-0.25, -0.2) is 4.79 Å². The number of ketones is 1. The van der Waals surface area contributed by atoms with Crippen LogP contribution in [0.2, 0.25) is 0 Å². The van der Waals surface area contributed by atoms with Crippen LogP contribution in [-0.4, -0.2) is 16.7 Å². The SMILES string of the molecule is CC(=O)C(=O)Oc1ccc(Br)cc1[N+](=O)[O-]. The highest BCUT2D eigenvalue weighted by Gasteiger charge is 2.20. The molecule has 0 radical (unpaired) electrons. The molecule has 16 heavy (non-hydrogen) atoms. The van der Waals surface area contributed by atoms with E-state index in [-0.39, 0.29) is 11.4 Å². The van der Waals surface area contributed by atoms with Crippen molar-refractivity contribution in [2.24, 2.45) is 0 Å². The fraction of sp³-hybridized carbons (Fsp3) is 0.111. The predicted octanol–water partition coefficient (Wildman–Crippen LogP) is 1.85. The number of esters is 1. The second-order valence-electron chi connectivity index (χ2n) is 2.81. The molecular weight excluding hydrogens is 282 g/mol. The average Bonchev–Trinajstić information content (AvgIpc) is 2.20. The van der Waals surface area contributed by atoms with Crippen LogP contribution in [0, 0.1) is 10.1 Å². The summed E-state index contributed by atoms with van der Waals surface area (Å²) < 4.78 is 5.05. The molecule has 0 saturated carbocycles. The van der Waals surface area contributed by atoms with E-state index in [0.29, 0.717) is 4.47 Å². The molecule has 0 N–H and O–H groups in total. The molecule has 0 aliphatic heterocycles. The van der Waals surface area contributed by atoms with E-state index in [2.05, 4.69) is 20.7 Å². The van der Waals surface area contributed by atoms with E-state index in [1.165, 1.54) is 18.2 Å². The standard InChI is InChI=1S/C9H6BrNO5/c1-5(12)9(13)16-8-3-2-6(10)4-7(8)11(14)15/h2-4H,1H3. The molecule has 6 nitrogen and oxygen atoms in total. The molecule has 0 bridgehead atoms. The minimum absolute atomic E-state index is 0.256. The van der Waals surface area contributed by atoms with E-state index in [1.54, 1.807) is 0 Å². The van der Waals surface area contributed by atoms with Gasteiger partial charge in [0.05, 0.1) is 4.92 Å². The summed E-state index contributed by atoms with van der Waals surface area (Å²) in [7, 11) is 0. The number of rotatable bonds is 3. The minimum atomic E-state index is -1.13. The molecule has 0 saturated heterocycles. The van der Waals surface area contributed by atoms with Gasteiger partial charge in [0.2, 0.25) is 11.5 Å². The smallest absolute Gasteiger partial charge is 0.379 e. The van der Waals surface area contributed by atoms with Crippen LogP contribution in [0.3, 0.4) is 0 Å². The van der Waals surface area contributed by atoms with Gasteiger partial charge in [0.25, 0.3) is 0 Å². The lowest BCUT2D eigenvalue weighted by Gasteiger charge is -2.02. The Bertz CT molecular complexity index is 471. The van der Waals surface area contributed by atoms with Crippen molar-refractivity contribution in [3.63, 3.8) is 0 Å². The summed E-state index contributed by atoms with van der Waals surface area (Å²) >= 11 is 3.05. The number of nitrogens with zero attached hydrogens (tertiary/aromatic N) is 1. The average molecular weight is 288 g/mol. The van der Waals surface area contributed by atoms with Gasteiger partial charge >= 0.3 is 11.7 Å². The summed E-state index contributed by atoms with van der Waals surface area (Å²) in [4.78, 5) is 31.5. The summed E-state index contributed by atoms with van der Waals surface area (Å²) in [6, 6.07) is 3.89. The van der Waals surface area contributed by atoms with Gasteiger partial charge in [-0.05, 0) is 12.1 Å². The first-order valence-corrected chi connectivity index (χ1v) is 4.88. The van der Waals surface area contributed by atoms with Crippen LogP contribution in [0.25, 0.3) is 0 Å². The molecule has 1 aromatic carbocycles. The molecule has 1 aromatic rings. The lowest BCUT2D eigenvalue weighted by Crippen LogP contribution is -2.17. The second-order valence-corrected chi connectivity index (χ2v) is 3.73. The Balaban J connectivity index is 3.09.